The lowest BCUT2D eigenvalue weighted by molar-refractivity contribution is -0.384. The Labute approximate surface area is 114 Å². The van der Waals surface area contributed by atoms with E-state index in [1.807, 2.05) is 13.0 Å². The van der Waals surface area contributed by atoms with Crippen LogP contribution in [0.25, 0.3) is 0 Å². The van der Waals surface area contributed by atoms with E-state index in [0.29, 0.717) is 17.2 Å². The van der Waals surface area contributed by atoms with Gasteiger partial charge in [-0.25, -0.2) is 0 Å². The standard InChI is InChI=1S/C14H10N2O4/c1-8-2-4-11-13(6-8)20-12-5-3-9(16(18)19)7-10(12)14(17)15-11/h2-7H,1H3,(H,15,17). The van der Waals surface area contributed by atoms with E-state index in [4.69, 9.17) is 4.74 Å². The van der Waals surface area contributed by atoms with Gasteiger partial charge in [0.15, 0.2) is 5.75 Å². The maximum absolute atomic E-state index is 12.1. The third-order valence-corrected chi connectivity index (χ3v) is 3.02. The van der Waals surface area contributed by atoms with Crippen molar-refractivity contribution in [3.05, 3.63) is 57.6 Å². The molecule has 0 aromatic heterocycles. The molecular formula is C14H10N2O4. The zero-order valence-electron chi connectivity index (χ0n) is 10.5. The van der Waals surface area contributed by atoms with Crippen molar-refractivity contribution < 1.29 is 14.5 Å². The van der Waals surface area contributed by atoms with Crippen LogP contribution in [0.5, 0.6) is 11.5 Å². The van der Waals surface area contributed by atoms with Gasteiger partial charge in [-0.1, -0.05) is 6.07 Å². The van der Waals surface area contributed by atoms with Gasteiger partial charge in [0.05, 0.1) is 16.2 Å². The number of ether oxygens (including phenoxy) is 1. The fraction of sp³-hybridized carbons (Fsp3) is 0.0714. The van der Waals surface area contributed by atoms with Crippen molar-refractivity contribution in [3.8, 4) is 11.5 Å². The van der Waals surface area contributed by atoms with Crippen LogP contribution in [0.15, 0.2) is 36.4 Å². The van der Waals surface area contributed by atoms with Crippen molar-refractivity contribution in [1.82, 2.24) is 0 Å². The molecule has 2 aromatic carbocycles. The average Bonchev–Trinajstić information content (AvgIpc) is 2.54. The van der Waals surface area contributed by atoms with Crippen molar-refractivity contribution in [2.75, 3.05) is 5.32 Å². The number of hydrogen-bond donors (Lipinski definition) is 1. The second-order valence-corrected chi connectivity index (χ2v) is 4.49. The van der Waals surface area contributed by atoms with Crippen LogP contribution in [-0.2, 0) is 0 Å². The number of nitrogens with zero attached hydrogens (tertiary/aromatic N) is 1. The van der Waals surface area contributed by atoms with Gasteiger partial charge >= 0.3 is 0 Å². The molecule has 1 amide bonds. The lowest BCUT2D eigenvalue weighted by Crippen LogP contribution is -2.10. The van der Waals surface area contributed by atoms with E-state index in [-0.39, 0.29) is 11.3 Å². The fourth-order valence-electron chi connectivity index (χ4n) is 2.02. The number of anilines is 1. The molecular weight excluding hydrogens is 260 g/mol. The zero-order valence-corrected chi connectivity index (χ0v) is 10.5. The minimum absolute atomic E-state index is 0.146. The Kier molecular flexibility index (Phi) is 2.64. The number of rotatable bonds is 1. The number of amides is 1. The fourth-order valence-corrected chi connectivity index (χ4v) is 2.02. The molecule has 1 N–H and O–H groups in total. The van der Waals surface area contributed by atoms with Crippen LogP contribution in [0, 0.1) is 17.0 Å². The van der Waals surface area contributed by atoms with Crippen LogP contribution in [0.2, 0.25) is 0 Å². The van der Waals surface area contributed by atoms with Gasteiger partial charge in [0, 0.05) is 12.1 Å². The van der Waals surface area contributed by atoms with Crippen molar-refractivity contribution in [3.63, 3.8) is 0 Å². The third-order valence-electron chi connectivity index (χ3n) is 3.02. The van der Waals surface area contributed by atoms with Crippen LogP contribution in [-0.4, -0.2) is 10.8 Å². The largest absolute Gasteiger partial charge is 0.454 e. The van der Waals surface area contributed by atoms with Crippen molar-refractivity contribution in [2.24, 2.45) is 0 Å². The van der Waals surface area contributed by atoms with Gasteiger partial charge in [0.2, 0.25) is 0 Å². The first-order chi connectivity index (χ1) is 9.54. The normalized spacial score (nSPS) is 12.6. The van der Waals surface area contributed by atoms with Gasteiger partial charge in [-0.3, -0.25) is 14.9 Å². The first-order valence-corrected chi connectivity index (χ1v) is 5.93. The summed E-state index contributed by atoms with van der Waals surface area (Å²) in [5.41, 5.74) is 1.53. The highest BCUT2D eigenvalue weighted by Crippen LogP contribution is 2.37. The molecule has 6 nitrogen and oxygen atoms in total. The van der Waals surface area contributed by atoms with E-state index in [0.717, 1.165) is 5.56 Å². The SMILES string of the molecule is Cc1ccc2c(c1)Oc1ccc([N+](=O)[O-])cc1C(=O)N2. The molecule has 0 saturated carbocycles. The number of aryl methyl sites for hydroxylation is 1. The number of nitro groups is 1. The topological polar surface area (TPSA) is 81.5 Å². The van der Waals surface area contributed by atoms with Crippen LogP contribution < -0.4 is 10.1 Å². The van der Waals surface area contributed by atoms with E-state index >= 15 is 0 Å². The van der Waals surface area contributed by atoms with Gasteiger partial charge in [-0.05, 0) is 30.7 Å². The lowest BCUT2D eigenvalue weighted by Gasteiger charge is -2.08. The highest BCUT2D eigenvalue weighted by molar-refractivity contribution is 6.08. The average molecular weight is 270 g/mol. The number of nitro benzene ring substituents is 1. The van der Waals surface area contributed by atoms with Gasteiger partial charge in [-0.2, -0.15) is 0 Å². The number of carbonyl (C=O) groups is 1. The predicted octanol–water partition coefficient (Wildman–Crippen LogP) is 3.26. The summed E-state index contributed by atoms with van der Waals surface area (Å²) in [6.45, 7) is 1.91. The molecule has 1 aliphatic rings. The monoisotopic (exact) mass is 270 g/mol. The van der Waals surface area contributed by atoms with Crippen molar-refractivity contribution >= 4 is 17.3 Å². The van der Waals surface area contributed by atoms with Crippen LogP contribution in [0.1, 0.15) is 15.9 Å². The molecule has 0 radical (unpaired) electrons. The Morgan fingerprint density at radius 1 is 1.15 bits per heavy atom. The van der Waals surface area contributed by atoms with Gasteiger partial charge in [0.25, 0.3) is 11.6 Å². The number of non-ortho nitro benzene ring substituents is 1. The summed E-state index contributed by atoms with van der Waals surface area (Å²) in [6.07, 6.45) is 0. The van der Waals surface area contributed by atoms with Gasteiger partial charge in [-0.15, -0.1) is 0 Å². The summed E-state index contributed by atoms with van der Waals surface area (Å²) in [5, 5.41) is 13.5. The third kappa shape index (κ3) is 1.97. The molecule has 0 saturated heterocycles. The molecule has 100 valence electrons. The minimum Gasteiger partial charge on any atom is -0.454 e. The summed E-state index contributed by atoms with van der Waals surface area (Å²) < 4.78 is 5.68. The summed E-state index contributed by atoms with van der Waals surface area (Å²) >= 11 is 0. The Bertz CT molecular complexity index is 740. The number of carbonyl (C=O) groups excluding carboxylic acids is 1. The first kappa shape index (κ1) is 12.2. The second-order valence-electron chi connectivity index (χ2n) is 4.49. The molecule has 2 aromatic rings. The van der Waals surface area contributed by atoms with Gasteiger partial charge in [0.1, 0.15) is 5.75 Å². The molecule has 0 bridgehead atoms. The molecule has 0 spiro atoms. The van der Waals surface area contributed by atoms with Crippen LogP contribution >= 0.6 is 0 Å². The molecule has 1 aliphatic heterocycles. The first-order valence-electron chi connectivity index (χ1n) is 5.93. The molecule has 3 rings (SSSR count). The van der Waals surface area contributed by atoms with E-state index < -0.39 is 10.8 Å². The summed E-state index contributed by atoms with van der Waals surface area (Å²) in [4.78, 5) is 22.3. The maximum atomic E-state index is 12.1. The van der Waals surface area contributed by atoms with Gasteiger partial charge < -0.3 is 10.1 Å². The van der Waals surface area contributed by atoms with E-state index in [1.54, 1.807) is 12.1 Å². The lowest BCUT2D eigenvalue weighted by atomic mass is 10.1. The molecule has 0 atom stereocenters. The summed E-state index contributed by atoms with van der Waals surface area (Å²) in [7, 11) is 0. The Morgan fingerprint density at radius 3 is 2.70 bits per heavy atom. The molecule has 0 unspecified atom stereocenters. The van der Waals surface area contributed by atoms with E-state index in [1.165, 1.54) is 18.2 Å². The highest BCUT2D eigenvalue weighted by atomic mass is 16.6. The maximum Gasteiger partial charge on any atom is 0.270 e. The van der Waals surface area contributed by atoms with Crippen LogP contribution in [0.4, 0.5) is 11.4 Å². The van der Waals surface area contributed by atoms with E-state index in [2.05, 4.69) is 5.32 Å². The Balaban J connectivity index is 2.13. The molecule has 1 heterocycles. The number of hydrogen-bond acceptors (Lipinski definition) is 4. The number of benzene rings is 2. The Morgan fingerprint density at radius 2 is 1.95 bits per heavy atom. The van der Waals surface area contributed by atoms with E-state index in [9.17, 15) is 14.9 Å². The highest BCUT2D eigenvalue weighted by Gasteiger charge is 2.23. The smallest absolute Gasteiger partial charge is 0.270 e. The molecule has 20 heavy (non-hydrogen) atoms. The molecule has 0 aliphatic carbocycles. The zero-order chi connectivity index (χ0) is 14.3. The van der Waals surface area contributed by atoms with Crippen molar-refractivity contribution in [1.29, 1.82) is 0 Å². The number of fused-ring (bicyclic) bond motifs is 2. The summed E-state index contributed by atoms with van der Waals surface area (Å²) in [6, 6.07) is 9.34. The minimum atomic E-state index is -0.546. The quantitative estimate of drug-likeness (QED) is 0.637. The molecule has 0 fully saturated rings. The van der Waals surface area contributed by atoms with Crippen molar-refractivity contribution in [2.45, 2.75) is 6.92 Å². The molecule has 6 heteroatoms. The Hall–Kier alpha value is -2.89. The number of nitrogens with one attached hydrogen (secondary N) is 1. The van der Waals surface area contributed by atoms with Crippen LogP contribution in [0.3, 0.4) is 0 Å². The summed E-state index contributed by atoms with van der Waals surface area (Å²) in [5.74, 6) is 0.398. The second kappa shape index (κ2) is 4.34. The predicted molar refractivity (Wildman–Crippen MR) is 72.3 cm³/mol.